The van der Waals surface area contributed by atoms with Crippen molar-refractivity contribution in [3.05, 3.63) is 60.8 Å². The Morgan fingerprint density at radius 1 is 0.628 bits per heavy atom. The van der Waals surface area contributed by atoms with Crippen LogP contribution in [0, 0.1) is 0 Å². The number of hydrogen-bond donors (Lipinski definition) is 4. The Kier molecular flexibility index (Phi) is 31.5. The average Bonchev–Trinajstić information content (AvgIpc) is 2.99. The number of carbonyl (C=O) groups is 1. The zero-order valence-corrected chi connectivity index (χ0v) is 27.8. The molecule has 0 aliphatic carbocycles. The van der Waals surface area contributed by atoms with Crippen LogP contribution in [0.25, 0.3) is 0 Å². The van der Waals surface area contributed by atoms with Gasteiger partial charge in [0.05, 0.1) is 24.9 Å². The van der Waals surface area contributed by atoms with Gasteiger partial charge in [-0.3, -0.25) is 4.79 Å². The lowest BCUT2D eigenvalue weighted by Crippen LogP contribution is -2.45. The molecule has 1 amide bonds. The standard InChI is InChI=1S/C38H67NO4/c1-3-4-5-6-7-8-9-13-17-20-23-26-29-32-37(42)36(34-40)39-38(43)33-30-27-24-21-18-15-12-10-11-14-16-19-22-25-28-31-35(2)41/h11-12,14-15,19,21-22,24,29,32,35-37,40-42H,3-10,13,16-18,20,23,25-28,30-31,33-34H2,1-2H3,(H,39,43)/b14-11-,15-12-,22-19-,24-21-,32-29+/t35-,36-,37+/m0/s1. The molecule has 0 aliphatic heterocycles. The topological polar surface area (TPSA) is 89.8 Å². The number of nitrogens with one attached hydrogen (secondary N) is 1. The Labute approximate surface area is 265 Å². The van der Waals surface area contributed by atoms with Gasteiger partial charge in [-0.05, 0) is 71.1 Å². The number of hydrogen-bond acceptors (Lipinski definition) is 4. The van der Waals surface area contributed by atoms with E-state index in [-0.39, 0.29) is 18.6 Å². The van der Waals surface area contributed by atoms with E-state index in [1.165, 1.54) is 64.2 Å². The molecule has 0 spiro atoms. The fraction of sp³-hybridized carbons (Fsp3) is 0.711. The third-order valence-electron chi connectivity index (χ3n) is 7.51. The van der Waals surface area contributed by atoms with Crippen molar-refractivity contribution in [2.24, 2.45) is 0 Å². The molecule has 0 unspecified atom stereocenters. The zero-order valence-electron chi connectivity index (χ0n) is 27.8. The Balaban J connectivity index is 3.80. The van der Waals surface area contributed by atoms with Gasteiger partial charge in [-0.1, -0.05) is 132 Å². The van der Waals surface area contributed by atoms with Crippen molar-refractivity contribution in [3.63, 3.8) is 0 Å². The fourth-order valence-electron chi connectivity index (χ4n) is 4.77. The highest BCUT2D eigenvalue weighted by Crippen LogP contribution is 2.12. The molecular weight excluding hydrogens is 534 g/mol. The Morgan fingerprint density at radius 2 is 1.09 bits per heavy atom. The maximum atomic E-state index is 12.3. The predicted octanol–water partition coefficient (Wildman–Crippen LogP) is 9.20. The minimum atomic E-state index is -0.869. The van der Waals surface area contributed by atoms with Gasteiger partial charge in [0.15, 0.2) is 0 Å². The second-order valence-corrected chi connectivity index (χ2v) is 11.9. The number of rotatable bonds is 30. The predicted molar refractivity (Wildman–Crippen MR) is 185 cm³/mol. The minimum Gasteiger partial charge on any atom is -0.394 e. The Morgan fingerprint density at radius 3 is 1.60 bits per heavy atom. The lowest BCUT2D eigenvalue weighted by Gasteiger charge is -2.19. The van der Waals surface area contributed by atoms with E-state index in [9.17, 15) is 20.1 Å². The summed E-state index contributed by atoms with van der Waals surface area (Å²) in [6.07, 6.45) is 42.9. The van der Waals surface area contributed by atoms with Crippen LogP contribution >= 0.6 is 0 Å². The molecule has 0 bridgehead atoms. The van der Waals surface area contributed by atoms with Crippen molar-refractivity contribution in [1.82, 2.24) is 5.32 Å². The number of amides is 1. The molecule has 3 atom stereocenters. The second-order valence-electron chi connectivity index (χ2n) is 11.9. The molecule has 43 heavy (non-hydrogen) atoms. The van der Waals surface area contributed by atoms with Crippen molar-refractivity contribution in [1.29, 1.82) is 0 Å². The van der Waals surface area contributed by atoms with Crippen molar-refractivity contribution in [2.45, 2.75) is 167 Å². The van der Waals surface area contributed by atoms with Gasteiger partial charge in [0.1, 0.15) is 0 Å². The molecule has 248 valence electrons. The number of aliphatic hydroxyl groups excluding tert-OH is 3. The highest BCUT2D eigenvalue weighted by molar-refractivity contribution is 5.76. The zero-order chi connectivity index (χ0) is 31.6. The van der Waals surface area contributed by atoms with Crippen molar-refractivity contribution in [3.8, 4) is 0 Å². The quantitative estimate of drug-likeness (QED) is 0.0488. The number of unbranched alkanes of at least 4 members (excludes halogenated alkanes) is 13. The van der Waals surface area contributed by atoms with Gasteiger partial charge in [0.25, 0.3) is 0 Å². The summed E-state index contributed by atoms with van der Waals surface area (Å²) >= 11 is 0. The van der Waals surface area contributed by atoms with Crippen LogP contribution in [0.2, 0.25) is 0 Å². The maximum absolute atomic E-state index is 12.3. The first-order chi connectivity index (χ1) is 21.0. The minimum absolute atomic E-state index is 0.133. The molecule has 0 heterocycles. The SMILES string of the molecule is CCCCCCCCCCCCC/C=C/[C@@H](O)[C@H](CO)NC(=O)CCC/C=C\C/C=C\C/C=C\C/C=C\CCC[C@H](C)O. The first kappa shape index (κ1) is 41.0. The molecule has 5 heteroatoms. The third kappa shape index (κ3) is 31.3. The smallest absolute Gasteiger partial charge is 0.220 e. The van der Waals surface area contributed by atoms with E-state index in [0.29, 0.717) is 6.42 Å². The molecule has 0 saturated carbocycles. The second kappa shape index (κ2) is 33.0. The first-order valence-electron chi connectivity index (χ1n) is 17.5. The molecule has 0 radical (unpaired) electrons. The van der Waals surface area contributed by atoms with E-state index in [1.54, 1.807) is 6.08 Å². The highest BCUT2D eigenvalue weighted by atomic mass is 16.3. The van der Waals surface area contributed by atoms with Crippen molar-refractivity contribution >= 4 is 5.91 Å². The summed E-state index contributed by atoms with van der Waals surface area (Å²) in [6.45, 7) is 3.81. The Bertz CT molecular complexity index is 753. The first-order valence-corrected chi connectivity index (χ1v) is 17.5. The molecule has 5 nitrogen and oxygen atoms in total. The number of allylic oxidation sites excluding steroid dienone is 9. The van der Waals surface area contributed by atoms with Crippen LogP contribution in [0.15, 0.2) is 60.8 Å². The van der Waals surface area contributed by atoms with Gasteiger partial charge in [-0.2, -0.15) is 0 Å². The normalized spacial score (nSPS) is 14.6. The molecular formula is C38H67NO4. The molecule has 0 saturated heterocycles. The summed E-state index contributed by atoms with van der Waals surface area (Å²) < 4.78 is 0. The van der Waals surface area contributed by atoms with Gasteiger partial charge >= 0.3 is 0 Å². The van der Waals surface area contributed by atoms with Crippen LogP contribution in [-0.2, 0) is 4.79 Å². The van der Waals surface area contributed by atoms with Crippen molar-refractivity contribution in [2.75, 3.05) is 6.61 Å². The summed E-state index contributed by atoms with van der Waals surface area (Å²) in [5, 5.41) is 32.0. The molecule has 0 aromatic carbocycles. The monoisotopic (exact) mass is 602 g/mol. The van der Waals surface area contributed by atoms with Crippen LogP contribution < -0.4 is 5.32 Å². The number of aliphatic hydroxyl groups is 3. The van der Waals surface area contributed by atoms with Gasteiger partial charge in [-0.15, -0.1) is 0 Å². The lowest BCUT2D eigenvalue weighted by molar-refractivity contribution is -0.122. The number of carbonyl (C=O) groups excluding carboxylic acids is 1. The summed E-state index contributed by atoms with van der Waals surface area (Å²) in [6, 6.07) is -0.660. The third-order valence-corrected chi connectivity index (χ3v) is 7.51. The highest BCUT2D eigenvalue weighted by Gasteiger charge is 2.17. The molecule has 0 aliphatic rings. The van der Waals surface area contributed by atoms with Crippen LogP contribution in [0.5, 0.6) is 0 Å². The molecule has 4 N–H and O–H groups in total. The van der Waals surface area contributed by atoms with E-state index >= 15 is 0 Å². The van der Waals surface area contributed by atoms with Crippen LogP contribution in [0.4, 0.5) is 0 Å². The lowest BCUT2D eigenvalue weighted by atomic mass is 10.0. The molecule has 0 aromatic heterocycles. The fourth-order valence-corrected chi connectivity index (χ4v) is 4.77. The Hall–Kier alpha value is -1.95. The average molecular weight is 602 g/mol. The van der Waals surface area contributed by atoms with Crippen molar-refractivity contribution < 1.29 is 20.1 Å². The van der Waals surface area contributed by atoms with Gasteiger partial charge in [0.2, 0.25) is 5.91 Å². The van der Waals surface area contributed by atoms with Crippen LogP contribution in [0.1, 0.15) is 149 Å². The largest absolute Gasteiger partial charge is 0.394 e. The van der Waals surface area contributed by atoms with Gasteiger partial charge in [-0.25, -0.2) is 0 Å². The van der Waals surface area contributed by atoms with Crippen LogP contribution in [-0.4, -0.2) is 46.1 Å². The van der Waals surface area contributed by atoms with E-state index < -0.39 is 12.1 Å². The van der Waals surface area contributed by atoms with Crippen LogP contribution in [0.3, 0.4) is 0 Å². The summed E-state index contributed by atoms with van der Waals surface area (Å²) in [5.74, 6) is -0.133. The molecule has 0 fully saturated rings. The summed E-state index contributed by atoms with van der Waals surface area (Å²) in [4.78, 5) is 12.3. The molecule has 0 aromatic rings. The van der Waals surface area contributed by atoms with Gasteiger partial charge < -0.3 is 20.6 Å². The molecule has 0 rings (SSSR count). The van der Waals surface area contributed by atoms with E-state index in [1.807, 2.05) is 13.0 Å². The van der Waals surface area contributed by atoms with E-state index in [0.717, 1.165) is 64.2 Å². The van der Waals surface area contributed by atoms with Gasteiger partial charge in [0, 0.05) is 6.42 Å². The maximum Gasteiger partial charge on any atom is 0.220 e. The summed E-state index contributed by atoms with van der Waals surface area (Å²) in [7, 11) is 0. The van der Waals surface area contributed by atoms with E-state index in [2.05, 4.69) is 60.8 Å². The van der Waals surface area contributed by atoms with E-state index in [4.69, 9.17) is 0 Å². The summed E-state index contributed by atoms with van der Waals surface area (Å²) in [5.41, 5.74) is 0.